The summed E-state index contributed by atoms with van der Waals surface area (Å²) in [5.41, 5.74) is 0.733. The van der Waals surface area contributed by atoms with Gasteiger partial charge in [0.2, 0.25) is 0 Å². The minimum atomic E-state index is 0.0105. The predicted octanol–water partition coefficient (Wildman–Crippen LogP) is 3.04. The number of carbonyl (C=O) groups is 1. The molecule has 0 saturated heterocycles. The van der Waals surface area contributed by atoms with Gasteiger partial charge in [0.25, 0.3) is 5.91 Å². The van der Waals surface area contributed by atoms with Crippen molar-refractivity contribution in [1.29, 1.82) is 0 Å². The van der Waals surface area contributed by atoms with E-state index in [1.807, 2.05) is 18.4 Å². The average Bonchev–Trinajstić information content (AvgIpc) is 2.51. The van der Waals surface area contributed by atoms with Gasteiger partial charge in [-0.05, 0) is 35.3 Å². The molecule has 1 amide bonds. The third kappa shape index (κ3) is 3.12. The lowest BCUT2D eigenvalue weighted by atomic mass is 10.2. The summed E-state index contributed by atoms with van der Waals surface area (Å²) < 4.78 is 0.988. The maximum Gasteiger partial charge on any atom is 0.252 e. The van der Waals surface area contributed by atoms with Crippen LogP contribution in [0.25, 0.3) is 0 Å². The van der Waals surface area contributed by atoms with E-state index in [0.29, 0.717) is 0 Å². The largest absolute Gasteiger partial charge is 0.350 e. The van der Waals surface area contributed by atoms with Crippen LogP contribution in [0.4, 0.5) is 0 Å². The van der Waals surface area contributed by atoms with Gasteiger partial charge >= 0.3 is 0 Å². The number of rotatable bonds is 3. The zero-order valence-corrected chi connectivity index (χ0v) is 10.0. The molecule has 4 heteroatoms. The first-order valence-corrected chi connectivity index (χ1v) is 5.85. The van der Waals surface area contributed by atoms with E-state index in [0.717, 1.165) is 15.8 Å². The first-order valence-electron chi connectivity index (χ1n) is 4.18. The lowest BCUT2D eigenvalue weighted by Crippen LogP contribution is -2.31. The standard InChI is InChI=1S/C9H12BrNOS/c1-3-6(2)11-9(12)7-4-8(10)13-5-7/h4-6H,3H2,1-2H3,(H,11,12). The van der Waals surface area contributed by atoms with E-state index >= 15 is 0 Å². The lowest BCUT2D eigenvalue weighted by Gasteiger charge is -2.09. The van der Waals surface area contributed by atoms with Gasteiger partial charge in [0.15, 0.2) is 0 Å². The number of halogens is 1. The van der Waals surface area contributed by atoms with E-state index in [-0.39, 0.29) is 11.9 Å². The van der Waals surface area contributed by atoms with Crippen LogP contribution < -0.4 is 5.32 Å². The average molecular weight is 262 g/mol. The smallest absolute Gasteiger partial charge is 0.252 e. The maximum absolute atomic E-state index is 11.5. The molecule has 1 rings (SSSR count). The van der Waals surface area contributed by atoms with Crippen molar-refractivity contribution in [1.82, 2.24) is 5.32 Å². The van der Waals surface area contributed by atoms with Crippen molar-refractivity contribution in [3.63, 3.8) is 0 Å². The molecule has 0 fully saturated rings. The molecule has 13 heavy (non-hydrogen) atoms. The van der Waals surface area contributed by atoms with Gasteiger partial charge in [-0.1, -0.05) is 6.92 Å². The van der Waals surface area contributed by atoms with Crippen LogP contribution >= 0.6 is 27.3 Å². The zero-order valence-electron chi connectivity index (χ0n) is 7.63. The van der Waals surface area contributed by atoms with Crippen molar-refractivity contribution in [3.05, 3.63) is 20.8 Å². The zero-order chi connectivity index (χ0) is 9.84. The van der Waals surface area contributed by atoms with Crippen LogP contribution in [0.15, 0.2) is 15.2 Å². The summed E-state index contributed by atoms with van der Waals surface area (Å²) in [6.07, 6.45) is 0.955. The minimum absolute atomic E-state index is 0.0105. The third-order valence-corrected chi connectivity index (χ3v) is 3.32. The number of thiophene rings is 1. The van der Waals surface area contributed by atoms with E-state index in [2.05, 4.69) is 28.2 Å². The summed E-state index contributed by atoms with van der Waals surface area (Å²) in [6, 6.07) is 2.08. The Morgan fingerprint density at radius 2 is 2.46 bits per heavy atom. The van der Waals surface area contributed by atoms with Gasteiger partial charge in [-0.25, -0.2) is 0 Å². The summed E-state index contributed by atoms with van der Waals surface area (Å²) in [5.74, 6) is 0.0105. The van der Waals surface area contributed by atoms with Crippen molar-refractivity contribution >= 4 is 33.2 Å². The Morgan fingerprint density at radius 3 is 2.92 bits per heavy atom. The fourth-order valence-electron chi connectivity index (χ4n) is 0.838. The maximum atomic E-state index is 11.5. The van der Waals surface area contributed by atoms with Crippen molar-refractivity contribution in [2.75, 3.05) is 0 Å². The lowest BCUT2D eigenvalue weighted by molar-refractivity contribution is 0.0939. The van der Waals surface area contributed by atoms with E-state index < -0.39 is 0 Å². The first-order chi connectivity index (χ1) is 6.13. The van der Waals surface area contributed by atoms with Crippen LogP contribution in [0.3, 0.4) is 0 Å². The molecule has 0 saturated carbocycles. The summed E-state index contributed by atoms with van der Waals surface area (Å²) in [7, 11) is 0. The van der Waals surface area contributed by atoms with Crippen molar-refractivity contribution in [3.8, 4) is 0 Å². The topological polar surface area (TPSA) is 29.1 Å². The summed E-state index contributed by atoms with van der Waals surface area (Å²) in [4.78, 5) is 11.5. The van der Waals surface area contributed by atoms with Gasteiger partial charge in [-0.3, -0.25) is 4.79 Å². The molecule has 0 radical (unpaired) electrons. The van der Waals surface area contributed by atoms with E-state index in [4.69, 9.17) is 0 Å². The molecule has 0 aliphatic heterocycles. The molecule has 0 aliphatic carbocycles. The molecule has 1 atom stereocenters. The Bertz CT molecular complexity index is 298. The SMILES string of the molecule is CCC(C)NC(=O)c1csc(Br)c1. The highest BCUT2D eigenvalue weighted by atomic mass is 79.9. The first kappa shape index (κ1) is 10.7. The second kappa shape index (κ2) is 4.77. The number of nitrogens with one attached hydrogen (secondary N) is 1. The number of hydrogen-bond donors (Lipinski definition) is 1. The van der Waals surface area contributed by atoms with E-state index in [1.165, 1.54) is 11.3 Å². The fourth-order valence-corrected chi connectivity index (χ4v) is 1.97. The van der Waals surface area contributed by atoms with E-state index in [1.54, 1.807) is 0 Å². The number of carbonyl (C=O) groups excluding carboxylic acids is 1. The Kier molecular flexibility index (Phi) is 3.93. The minimum Gasteiger partial charge on any atom is -0.350 e. The Morgan fingerprint density at radius 1 is 1.77 bits per heavy atom. The number of hydrogen-bond acceptors (Lipinski definition) is 2. The summed E-state index contributed by atoms with van der Waals surface area (Å²) in [6.45, 7) is 4.05. The summed E-state index contributed by atoms with van der Waals surface area (Å²) in [5, 5.41) is 4.76. The van der Waals surface area contributed by atoms with Gasteiger partial charge in [0.1, 0.15) is 0 Å². The van der Waals surface area contributed by atoms with Gasteiger partial charge < -0.3 is 5.32 Å². The second-order valence-electron chi connectivity index (χ2n) is 2.92. The van der Waals surface area contributed by atoms with Crippen LogP contribution in [0.2, 0.25) is 0 Å². The molecule has 0 bridgehead atoms. The molecule has 0 aliphatic rings. The van der Waals surface area contributed by atoms with Gasteiger partial charge in [-0.2, -0.15) is 0 Å². The molecular formula is C9H12BrNOS. The molecule has 1 heterocycles. The summed E-state index contributed by atoms with van der Waals surface area (Å²) >= 11 is 4.85. The Balaban J connectivity index is 2.58. The highest BCUT2D eigenvalue weighted by Crippen LogP contribution is 2.20. The van der Waals surface area contributed by atoms with Crippen LogP contribution in [0.5, 0.6) is 0 Å². The van der Waals surface area contributed by atoms with Gasteiger partial charge in [0, 0.05) is 11.4 Å². The normalized spacial score (nSPS) is 12.5. The van der Waals surface area contributed by atoms with Crippen LogP contribution in [-0.4, -0.2) is 11.9 Å². The van der Waals surface area contributed by atoms with Crippen molar-refractivity contribution in [2.45, 2.75) is 26.3 Å². The second-order valence-corrected chi connectivity index (χ2v) is 5.21. The third-order valence-electron chi connectivity index (χ3n) is 1.82. The monoisotopic (exact) mass is 261 g/mol. The van der Waals surface area contributed by atoms with Gasteiger partial charge in [0.05, 0.1) is 9.35 Å². The number of amides is 1. The molecule has 72 valence electrons. The molecule has 0 aromatic carbocycles. The highest BCUT2D eigenvalue weighted by Gasteiger charge is 2.09. The van der Waals surface area contributed by atoms with Crippen molar-refractivity contribution in [2.24, 2.45) is 0 Å². The Labute approximate surface area is 90.5 Å². The van der Waals surface area contributed by atoms with Crippen LogP contribution in [0, 0.1) is 0 Å². The predicted molar refractivity (Wildman–Crippen MR) is 59.2 cm³/mol. The van der Waals surface area contributed by atoms with E-state index in [9.17, 15) is 4.79 Å². The molecular weight excluding hydrogens is 250 g/mol. The quantitative estimate of drug-likeness (QED) is 0.891. The van der Waals surface area contributed by atoms with Crippen LogP contribution in [-0.2, 0) is 0 Å². The molecule has 0 spiro atoms. The van der Waals surface area contributed by atoms with Crippen molar-refractivity contribution < 1.29 is 4.79 Å². The molecule has 1 aromatic rings. The van der Waals surface area contributed by atoms with Crippen LogP contribution in [0.1, 0.15) is 30.6 Å². The Hall–Kier alpha value is -0.350. The van der Waals surface area contributed by atoms with Gasteiger partial charge in [-0.15, -0.1) is 11.3 Å². The molecule has 1 aromatic heterocycles. The molecule has 1 unspecified atom stereocenters. The molecule has 2 nitrogen and oxygen atoms in total. The highest BCUT2D eigenvalue weighted by molar-refractivity contribution is 9.11. The fraction of sp³-hybridized carbons (Fsp3) is 0.444. The molecule has 1 N–H and O–H groups in total.